The number of rotatable bonds is 10. The van der Waals surface area contributed by atoms with Gasteiger partial charge in [0.2, 0.25) is 0 Å². The van der Waals surface area contributed by atoms with E-state index in [0.717, 1.165) is 5.69 Å². The number of benzene rings is 1. The minimum Gasteiger partial charge on any atom is -0.492 e. The van der Waals surface area contributed by atoms with E-state index in [9.17, 15) is 9.59 Å². The Morgan fingerprint density at radius 1 is 1.10 bits per heavy atom. The van der Waals surface area contributed by atoms with Crippen LogP contribution in [-0.2, 0) is 9.59 Å². The monoisotopic (exact) mass is 295 g/mol. The molecule has 21 heavy (non-hydrogen) atoms. The summed E-state index contributed by atoms with van der Waals surface area (Å²) >= 11 is 0. The van der Waals surface area contributed by atoms with E-state index in [2.05, 4.69) is 0 Å². The number of nitrogens with zero attached hydrogens (tertiary/aromatic N) is 1. The molecule has 0 aliphatic heterocycles. The lowest BCUT2D eigenvalue weighted by molar-refractivity contribution is -0.138. The molecule has 6 heteroatoms. The largest absolute Gasteiger partial charge is 0.492 e. The second kappa shape index (κ2) is 8.84. The highest BCUT2D eigenvalue weighted by Crippen LogP contribution is 2.28. The summed E-state index contributed by atoms with van der Waals surface area (Å²) in [5.41, 5.74) is 0.797. The highest BCUT2D eigenvalue weighted by molar-refractivity contribution is 5.68. The van der Waals surface area contributed by atoms with Crippen LogP contribution in [0.25, 0.3) is 0 Å². The van der Waals surface area contributed by atoms with E-state index in [1.807, 2.05) is 36.1 Å². The van der Waals surface area contributed by atoms with Gasteiger partial charge in [0.15, 0.2) is 0 Å². The number of hydrogen-bond acceptors (Lipinski definition) is 4. The van der Waals surface area contributed by atoms with Gasteiger partial charge in [0, 0.05) is 19.5 Å². The number of carbonyl (C=O) groups is 2. The first-order valence-electron chi connectivity index (χ1n) is 6.95. The molecule has 0 heterocycles. The lowest BCUT2D eigenvalue weighted by Gasteiger charge is -2.26. The third kappa shape index (κ3) is 6.16. The average Bonchev–Trinajstić information content (AvgIpc) is 2.43. The van der Waals surface area contributed by atoms with Gasteiger partial charge in [0.05, 0.1) is 18.7 Å². The zero-order chi connectivity index (χ0) is 15.7. The molecule has 116 valence electrons. The van der Waals surface area contributed by atoms with Crippen molar-refractivity contribution in [3.05, 3.63) is 24.3 Å². The minimum absolute atomic E-state index is 0.00642. The van der Waals surface area contributed by atoms with Crippen molar-refractivity contribution in [3.8, 4) is 5.75 Å². The summed E-state index contributed by atoms with van der Waals surface area (Å²) in [4.78, 5) is 23.3. The van der Waals surface area contributed by atoms with Gasteiger partial charge in [0.25, 0.3) is 0 Å². The standard InChI is InChI=1S/C15H21NO5/c1-2-21-13-7-4-3-6-12(13)16(11-9-15(19)20)10-5-8-14(17)18/h3-4,6-7H,2,5,8-11H2,1H3,(H,17,18)(H,19,20). The van der Waals surface area contributed by atoms with Crippen LogP contribution in [0.2, 0.25) is 0 Å². The van der Waals surface area contributed by atoms with Crippen molar-refractivity contribution in [2.45, 2.75) is 26.2 Å². The van der Waals surface area contributed by atoms with E-state index in [4.69, 9.17) is 14.9 Å². The van der Waals surface area contributed by atoms with Crippen molar-refractivity contribution in [3.63, 3.8) is 0 Å². The number of ether oxygens (including phenoxy) is 1. The summed E-state index contributed by atoms with van der Waals surface area (Å²) in [7, 11) is 0. The van der Waals surface area contributed by atoms with Crippen LogP contribution in [0.15, 0.2) is 24.3 Å². The van der Waals surface area contributed by atoms with Crippen molar-refractivity contribution in [2.24, 2.45) is 0 Å². The molecule has 2 N–H and O–H groups in total. The topological polar surface area (TPSA) is 87.1 Å². The van der Waals surface area contributed by atoms with Gasteiger partial charge < -0.3 is 19.8 Å². The molecule has 0 amide bonds. The summed E-state index contributed by atoms with van der Waals surface area (Å²) in [6.45, 7) is 3.18. The number of para-hydroxylation sites is 2. The van der Waals surface area contributed by atoms with Crippen molar-refractivity contribution in [2.75, 3.05) is 24.6 Å². The summed E-state index contributed by atoms with van der Waals surface area (Å²) < 4.78 is 5.55. The molecule has 1 aromatic rings. The number of aliphatic carboxylic acids is 2. The fourth-order valence-electron chi connectivity index (χ4n) is 2.00. The molecule has 0 bridgehead atoms. The average molecular weight is 295 g/mol. The molecule has 0 saturated heterocycles. The van der Waals surface area contributed by atoms with Crippen LogP contribution in [0, 0.1) is 0 Å². The molecule has 1 aromatic carbocycles. The van der Waals surface area contributed by atoms with Gasteiger partial charge in [-0.1, -0.05) is 12.1 Å². The van der Waals surface area contributed by atoms with Crippen molar-refractivity contribution in [1.82, 2.24) is 0 Å². The summed E-state index contributed by atoms with van der Waals surface area (Å²) in [6, 6.07) is 7.38. The Hall–Kier alpha value is -2.24. The predicted molar refractivity (Wildman–Crippen MR) is 78.9 cm³/mol. The Labute approximate surface area is 124 Å². The summed E-state index contributed by atoms with van der Waals surface area (Å²) in [6.07, 6.45) is 0.503. The van der Waals surface area contributed by atoms with E-state index < -0.39 is 11.9 Å². The zero-order valence-corrected chi connectivity index (χ0v) is 12.1. The van der Waals surface area contributed by atoms with Crippen LogP contribution in [0.3, 0.4) is 0 Å². The molecular weight excluding hydrogens is 274 g/mol. The minimum atomic E-state index is -0.882. The van der Waals surface area contributed by atoms with Crippen LogP contribution in [0.1, 0.15) is 26.2 Å². The lowest BCUT2D eigenvalue weighted by Crippen LogP contribution is -2.28. The number of carboxylic acids is 2. The fourth-order valence-corrected chi connectivity index (χ4v) is 2.00. The third-order valence-corrected chi connectivity index (χ3v) is 2.92. The van der Waals surface area contributed by atoms with Crippen LogP contribution >= 0.6 is 0 Å². The van der Waals surface area contributed by atoms with Gasteiger partial charge in [-0.2, -0.15) is 0 Å². The maximum atomic E-state index is 10.8. The van der Waals surface area contributed by atoms with Gasteiger partial charge in [-0.05, 0) is 25.5 Å². The summed E-state index contributed by atoms with van der Waals surface area (Å²) in [5.74, 6) is -1.06. The molecule has 0 unspecified atom stereocenters. The molecule has 0 atom stereocenters. The van der Waals surface area contributed by atoms with Crippen molar-refractivity contribution >= 4 is 17.6 Å². The molecule has 0 aromatic heterocycles. The molecule has 0 spiro atoms. The van der Waals surface area contributed by atoms with Crippen LogP contribution in [0.4, 0.5) is 5.69 Å². The highest BCUT2D eigenvalue weighted by atomic mass is 16.5. The Morgan fingerprint density at radius 2 is 1.76 bits per heavy atom. The maximum Gasteiger partial charge on any atom is 0.305 e. The highest BCUT2D eigenvalue weighted by Gasteiger charge is 2.13. The van der Waals surface area contributed by atoms with Gasteiger partial charge in [0.1, 0.15) is 5.75 Å². The van der Waals surface area contributed by atoms with Gasteiger partial charge in [-0.3, -0.25) is 9.59 Å². The Bertz CT molecular complexity index is 475. The van der Waals surface area contributed by atoms with Gasteiger partial charge in [-0.15, -0.1) is 0 Å². The maximum absolute atomic E-state index is 10.8. The second-order valence-corrected chi connectivity index (χ2v) is 4.53. The van der Waals surface area contributed by atoms with Crippen molar-refractivity contribution < 1.29 is 24.5 Å². The molecule has 0 aliphatic carbocycles. The lowest BCUT2D eigenvalue weighted by atomic mass is 10.2. The van der Waals surface area contributed by atoms with E-state index in [1.165, 1.54) is 0 Å². The Balaban J connectivity index is 2.82. The quantitative estimate of drug-likeness (QED) is 0.688. The normalized spacial score (nSPS) is 10.1. The zero-order valence-electron chi connectivity index (χ0n) is 12.1. The van der Waals surface area contributed by atoms with Gasteiger partial charge in [-0.25, -0.2) is 0 Å². The predicted octanol–water partition coefficient (Wildman–Crippen LogP) is 2.23. The molecular formula is C15H21NO5. The first-order valence-corrected chi connectivity index (χ1v) is 6.95. The molecule has 1 rings (SSSR count). The summed E-state index contributed by atoms with van der Waals surface area (Å²) in [5, 5.41) is 17.6. The van der Waals surface area contributed by atoms with E-state index in [-0.39, 0.29) is 12.8 Å². The van der Waals surface area contributed by atoms with E-state index in [0.29, 0.717) is 31.9 Å². The third-order valence-electron chi connectivity index (χ3n) is 2.92. The first-order chi connectivity index (χ1) is 10.0. The molecule has 0 aliphatic rings. The smallest absolute Gasteiger partial charge is 0.305 e. The SMILES string of the molecule is CCOc1ccccc1N(CCCC(=O)O)CCC(=O)O. The molecule has 0 fully saturated rings. The number of hydrogen-bond donors (Lipinski definition) is 2. The first kappa shape index (κ1) is 16.8. The molecule has 0 radical (unpaired) electrons. The van der Waals surface area contributed by atoms with Crippen LogP contribution in [-0.4, -0.2) is 41.8 Å². The molecule has 0 saturated carbocycles. The van der Waals surface area contributed by atoms with E-state index in [1.54, 1.807) is 0 Å². The van der Waals surface area contributed by atoms with Crippen LogP contribution < -0.4 is 9.64 Å². The van der Waals surface area contributed by atoms with Crippen LogP contribution in [0.5, 0.6) is 5.75 Å². The Kier molecular flexibility index (Phi) is 7.08. The van der Waals surface area contributed by atoms with Crippen molar-refractivity contribution in [1.29, 1.82) is 0 Å². The second-order valence-electron chi connectivity index (χ2n) is 4.53. The molecule has 6 nitrogen and oxygen atoms in total. The van der Waals surface area contributed by atoms with E-state index >= 15 is 0 Å². The van der Waals surface area contributed by atoms with Gasteiger partial charge >= 0.3 is 11.9 Å². The fraction of sp³-hybridized carbons (Fsp3) is 0.467. The number of carboxylic acid groups (broad SMARTS) is 2. The number of anilines is 1. The Morgan fingerprint density at radius 3 is 2.38 bits per heavy atom.